The molecule has 1 aromatic carbocycles. The Morgan fingerprint density at radius 1 is 1.11 bits per heavy atom. The van der Waals surface area contributed by atoms with Crippen LogP contribution in [-0.2, 0) is 7.05 Å². The van der Waals surface area contributed by atoms with Crippen LogP contribution in [0.3, 0.4) is 0 Å². The third-order valence-corrected chi connectivity index (χ3v) is 3.04. The fraction of sp³-hybridized carbons (Fsp3) is 0.125. The summed E-state index contributed by atoms with van der Waals surface area (Å²) in [7, 11) is 1.91. The highest BCUT2D eigenvalue weighted by molar-refractivity contribution is 5.81. The van der Waals surface area contributed by atoms with Gasteiger partial charge in [0.05, 0.1) is 17.4 Å². The molecule has 0 spiro atoms. The number of fused-ring (bicyclic) bond motifs is 1. The van der Waals surface area contributed by atoms with Gasteiger partial charge >= 0.3 is 0 Å². The summed E-state index contributed by atoms with van der Waals surface area (Å²) in [5.74, 6) is 0. The van der Waals surface area contributed by atoms with Crippen LogP contribution in [0.2, 0.25) is 0 Å². The van der Waals surface area contributed by atoms with E-state index >= 15 is 0 Å². The zero-order valence-corrected chi connectivity index (χ0v) is 11.0. The summed E-state index contributed by atoms with van der Waals surface area (Å²) in [5.41, 5.74) is 4.32. The van der Waals surface area contributed by atoms with E-state index < -0.39 is 0 Å². The predicted octanol–water partition coefficient (Wildman–Crippen LogP) is 3.45. The molecule has 3 nitrogen and oxygen atoms in total. The first kappa shape index (κ1) is 11.7. The van der Waals surface area contributed by atoms with Gasteiger partial charge in [-0.15, -0.1) is 0 Å². The molecule has 0 aliphatic heterocycles. The number of pyridine rings is 1. The molecule has 2 heterocycles. The van der Waals surface area contributed by atoms with E-state index in [1.54, 1.807) is 4.68 Å². The summed E-state index contributed by atoms with van der Waals surface area (Å²) in [6.07, 6.45) is 7.84. The number of hydrogen-bond acceptors (Lipinski definition) is 2. The van der Waals surface area contributed by atoms with Crippen LogP contribution in [0.1, 0.15) is 16.8 Å². The average molecular weight is 249 g/mol. The Morgan fingerprint density at radius 2 is 2.00 bits per heavy atom. The SMILES string of the molecule is Cc1ccc2nc(/C=C/c3cnn(C)c3)ccc2c1. The minimum atomic E-state index is 0.959. The lowest BCUT2D eigenvalue weighted by atomic mass is 10.1. The van der Waals surface area contributed by atoms with Crippen molar-refractivity contribution in [2.45, 2.75) is 6.92 Å². The highest BCUT2D eigenvalue weighted by Gasteiger charge is 1.97. The number of aryl methyl sites for hydroxylation is 2. The number of nitrogens with zero attached hydrogens (tertiary/aromatic N) is 3. The molecule has 0 radical (unpaired) electrons. The van der Waals surface area contributed by atoms with Crippen LogP contribution in [0.4, 0.5) is 0 Å². The molecule has 0 amide bonds. The molecule has 0 saturated carbocycles. The van der Waals surface area contributed by atoms with Crippen LogP contribution in [0.15, 0.2) is 42.7 Å². The average Bonchev–Trinajstić information content (AvgIpc) is 2.82. The van der Waals surface area contributed by atoms with Crippen molar-refractivity contribution >= 4 is 23.1 Å². The van der Waals surface area contributed by atoms with Gasteiger partial charge in [0.1, 0.15) is 0 Å². The van der Waals surface area contributed by atoms with Crippen LogP contribution in [0, 0.1) is 6.92 Å². The van der Waals surface area contributed by atoms with Crippen LogP contribution < -0.4 is 0 Å². The number of hydrogen-bond donors (Lipinski definition) is 0. The fourth-order valence-corrected chi connectivity index (χ4v) is 2.06. The van der Waals surface area contributed by atoms with E-state index in [4.69, 9.17) is 0 Å². The Hall–Kier alpha value is -2.42. The summed E-state index contributed by atoms with van der Waals surface area (Å²) in [5, 5.41) is 5.31. The second-order valence-electron chi connectivity index (χ2n) is 4.71. The van der Waals surface area contributed by atoms with Gasteiger partial charge in [-0.2, -0.15) is 5.10 Å². The van der Waals surface area contributed by atoms with E-state index in [0.29, 0.717) is 0 Å². The summed E-state index contributed by atoms with van der Waals surface area (Å²) >= 11 is 0. The Kier molecular flexibility index (Phi) is 2.88. The summed E-state index contributed by atoms with van der Waals surface area (Å²) < 4.78 is 1.79. The maximum atomic E-state index is 4.62. The highest BCUT2D eigenvalue weighted by atomic mass is 15.2. The van der Waals surface area contributed by atoms with Crippen molar-refractivity contribution in [3.63, 3.8) is 0 Å². The standard InChI is InChI=1S/C16H15N3/c1-12-3-8-16-14(9-12)5-7-15(18-16)6-4-13-10-17-19(2)11-13/h3-11H,1-2H3/b6-4+. The molecule has 0 atom stereocenters. The van der Waals surface area contributed by atoms with E-state index in [2.05, 4.69) is 41.3 Å². The smallest absolute Gasteiger partial charge is 0.0709 e. The second kappa shape index (κ2) is 4.69. The Balaban J connectivity index is 1.93. The maximum absolute atomic E-state index is 4.62. The minimum Gasteiger partial charge on any atom is -0.275 e. The van der Waals surface area contributed by atoms with Crippen molar-refractivity contribution in [3.8, 4) is 0 Å². The maximum Gasteiger partial charge on any atom is 0.0709 e. The van der Waals surface area contributed by atoms with E-state index in [1.165, 1.54) is 10.9 Å². The van der Waals surface area contributed by atoms with E-state index in [0.717, 1.165) is 16.8 Å². The van der Waals surface area contributed by atoms with Crippen molar-refractivity contribution in [2.24, 2.45) is 7.05 Å². The normalized spacial score (nSPS) is 11.5. The van der Waals surface area contributed by atoms with Gasteiger partial charge in [0.15, 0.2) is 0 Å². The van der Waals surface area contributed by atoms with Gasteiger partial charge in [0, 0.05) is 24.2 Å². The predicted molar refractivity (Wildman–Crippen MR) is 78.6 cm³/mol. The summed E-state index contributed by atoms with van der Waals surface area (Å²) in [6, 6.07) is 10.4. The van der Waals surface area contributed by atoms with E-state index in [9.17, 15) is 0 Å². The lowest BCUT2D eigenvalue weighted by Crippen LogP contribution is -1.84. The zero-order chi connectivity index (χ0) is 13.2. The van der Waals surface area contributed by atoms with Gasteiger partial charge in [-0.05, 0) is 37.3 Å². The largest absolute Gasteiger partial charge is 0.275 e. The van der Waals surface area contributed by atoms with Crippen LogP contribution in [0.25, 0.3) is 23.1 Å². The van der Waals surface area contributed by atoms with Crippen molar-refractivity contribution in [3.05, 3.63) is 59.5 Å². The molecule has 19 heavy (non-hydrogen) atoms. The van der Waals surface area contributed by atoms with Crippen molar-refractivity contribution in [2.75, 3.05) is 0 Å². The van der Waals surface area contributed by atoms with Gasteiger partial charge in [-0.1, -0.05) is 17.7 Å². The Morgan fingerprint density at radius 3 is 2.79 bits per heavy atom. The summed E-state index contributed by atoms with van der Waals surface area (Å²) in [6.45, 7) is 2.09. The van der Waals surface area contributed by atoms with E-state index in [-0.39, 0.29) is 0 Å². The van der Waals surface area contributed by atoms with Gasteiger partial charge < -0.3 is 0 Å². The van der Waals surface area contributed by atoms with Crippen LogP contribution >= 0.6 is 0 Å². The Labute approximate surface area is 112 Å². The highest BCUT2D eigenvalue weighted by Crippen LogP contribution is 2.15. The summed E-state index contributed by atoms with van der Waals surface area (Å²) in [4.78, 5) is 4.62. The number of rotatable bonds is 2. The quantitative estimate of drug-likeness (QED) is 0.696. The molecule has 0 bridgehead atoms. The number of aromatic nitrogens is 3. The first-order valence-corrected chi connectivity index (χ1v) is 6.25. The first-order valence-electron chi connectivity index (χ1n) is 6.25. The van der Waals surface area contributed by atoms with Crippen molar-refractivity contribution in [1.82, 2.24) is 14.8 Å². The lowest BCUT2D eigenvalue weighted by Gasteiger charge is -2.00. The molecule has 0 unspecified atom stereocenters. The topological polar surface area (TPSA) is 30.7 Å². The molecule has 0 fully saturated rings. The molecule has 0 N–H and O–H groups in total. The molecule has 3 rings (SSSR count). The van der Waals surface area contributed by atoms with Gasteiger partial charge in [0.25, 0.3) is 0 Å². The molecule has 3 aromatic rings. The van der Waals surface area contributed by atoms with Gasteiger partial charge in [-0.3, -0.25) is 4.68 Å². The molecule has 0 aliphatic carbocycles. The third-order valence-electron chi connectivity index (χ3n) is 3.04. The van der Waals surface area contributed by atoms with Crippen molar-refractivity contribution < 1.29 is 0 Å². The Bertz CT molecular complexity index is 754. The molecular formula is C16H15N3. The van der Waals surface area contributed by atoms with Gasteiger partial charge in [-0.25, -0.2) is 4.98 Å². The molecule has 0 aliphatic rings. The first-order chi connectivity index (χ1) is 9.20. The van der Waals surface area contributed by atoms with Crippen molar-refractivity contribution in [1.29, 1.82) is 0 Å². The van der Waals surface area contributed by atoms with Crippen LogP contribution in [0.5, 0.6) is 0 Å². The lowest BCUT2D eigenvalue weighted by molar-refractivity contribution is 0.767. The number of benzene rings is 1. The second-order valence-corrected chi connectivity index (χ2v) is 4.71. The molecule has 3 heteroatoms. The van der Waals surface area contributed by atoms with Gasteiger partial charge in [0.2, 0.25) is 0 Å². The molecule has 0 saturated heterocycles. The van der Waals surface area contributed by atoms with E-state index in [1.807, 2.05) is 37.7 Å². The van der Waals surface area contributed by atoms with Crippen LogP contribution in [-0.4, -0.2) is 14.8 Å². The molecular weight excluding hydrogens is 234 g/mol. The zero-order valence-electron chi connectivity index (χ0n) is 11.0. The monoisotopic (exact) mass is 249 g/mol. The minimum absolute atomic E-state index is 0.959. The molecule has 94 valence electrons. The molecule has 2 aromatic heterocycles. The third kappa shape index (κ3) is 2.55. The fourth-order valence-electron chi connectivity index (χ4n) is 2.06.